The van der Waals surface area contributed by atoms with Crippen LogP contribution in [-0.2, 0) is 12.7 Å². The fourth-order valence-corrected chi connectivity index (χ4v) is 1.74. The molecule has 0 amide bonds. The first-order valence-corrected chi connectivity index (χ1v) is 4.81. The van der Waals surface area contributed by atoms with E-state index in [2.05, 4.69) is 20.9 Å². The second-order valence-corrected chi connectivity index (χ2v) is 3.70. The summed E-state index contributed by atoms with van der Waals surface area (Å²) in [5.74, 6) is 0. The van der Waals surface area contributed by atoms with Crippen molar-refractivity contribution in [3.63, 3.8) is 0 Å². The average molecular weight is 305 g/mol. The van der Waals surface area contributed by atoms with E-state index in [9.17, 15) is 22.0 Å². The molecule has 1 aromatic heterocycles. The molecule has 2 nitrogen and oxygen atoms in total. The normalized spacial score (nSPS) is 12.2. The van der Waals surface area contributed by atoms with Gasteiger partial charge in [0.15, 0.2) is 0 Å². The molecule has 0 bridgehead atoms. The molecular weight excluding hydrogens is 299 g/mol. The van der Waals surface area contributed by atoms with E-state index in [1.165, 1.54) is 0 Å². The van der Waals surface area contributed by atoms with E-state index in [0.717, 1.165) is 0 Å². The molecule has 1 aromatic rings. The number of hydrogen-bond acceptors (Lipinski definition) is 2. The zero-order chi connectivity index (χ0) is 12.5. The maximum absolute atomic E-state index is 12.6. The van der Waals surface area contributed by atoms with Gasteiger partial charge in [-0.25, -0.2) is 8.78 Å². The minimum Gasteiger partial charge on any atom is -0.326 e. The van der Waals surface area contributed by atoms with Crippen molar-refractivity contribution < 1.29 is 22.0 Å². The molecule has 0 unspecified atom stereocenters. The van der Waals surface area contributed by atoms with Crippen LogP contribution < -0.4 is 5.73 Å². The number of pyridine rings is 1. The lowest BCUT2D eigenvalue weighted by molar-refractivity contribution is -0.142. The van der Waals surface area contributed by atoms with E-state index < -0.39 is 36.0 Å². The van der Waals surface area contributed by atoms with Gasteiger partial charge in [-0.15, -0.1) is 0 Å². The number of hydrogen-bond donors (Lipinski definition) is 1. The van der Waals surface area contributed by atoms with Gasteiger partial charge >= 0.3 is 6.18 Å². The molecule has 0 saturated carbocycles. The molecule has 0 aliphatic carbocycles. The van der Waals surface area contributed by atoms with E-state index in [4.69, 9.17) is 5.73 Å². The average Bonchev–Trinajstić information content (AvgIpc) is 2.14. The summed E-state index contributed by atoms with van der Waals surface area (Å²) in [7, 11) is 0. The highest BCUT2D eigenvalue weighted by molar-refractivity contribution is 9.10. The number of aromatic nitrogens is 1. The van der Waals surface area contributed by atoms with Crippen molar-refractivity contribution in [2.24, 2.45) is 5.73 Å². The molecule has 0 aliphatic rings. The molecule has 0 atom stereocenters. The van der Waals surface area contributed by atoms with Crippen LogP contribution in [0.3, 0.4) is 0 Å². The molecule has 0 spiro atoms. The van der Waals surface area contributed by atoms with E-state index in [0.29, 0.717) is 6.20 Å². The molecule has 2 N–H and O–H groups in total. The van der Waals surface area contributed by atoms with E-state index in [1.807, 2.05) is 0 Å². The minimum atomic E-state index is -4.79. The van der Waals surface area contributed by atoms with Gasteiger partial charge in [-0.2, -0.15) is 13.2 Å². The Morgan fingerprint density at radius 1 is 1.38 bits per heavy atom. The SMILES string of the molecule is NCc1c(C(F)(F)F)ncc(Br)c1C(F)F. The molecule has 0 saturated heterocycles. The van der Waals surface area contributed by atoms with Crippen LogP contribution >= 0.6 is 15.9 Å². The van der Waals surface area contributed by atoms with Gasteiger partial charge in [-0.05, 0) is 15.9 Å². The third kappa shape index (κ3) is 2.49. The first-order valence-electron chi connectivity index (χ1n) is 4.01. The predicted molar refractivity (Wildman–Crippen MR) is 49.8 cm³/mol. The predicted octanol–water partition coefficient (Wildman–Crippen LogP) is 3.26. The van der Waals surface area contributed by atoms with Crippen molar-refractivity contribution >= 4 is 15.9 Å². The summed E-state index contributed by atoms with van der Waals surface area (Å²) in [5.41, 5.74) is 2.25. The molecule has 16 heavy (non-hydrogen) atoms. The molecule has 0 aliphatic heterocycles. The van der Waals surface area contributed by atoms with Crippen molar-refractivity contribution in [2.45, 2.75) is 19.1 Å². The Kier molecular flexibility index (Phi) is 3.84. The smallest absolute Gasteiger partial charge is 0.326 e. The Hall–Kier alpha value is -0.760. The van der Waals surface area contributed by atoms with Crippen LogP contribution in [0.4, 0.5) is 22.0 Å². The number of nitrogens with zero attached hydrogens (tertiary/aromatic N) is 1. The molecule has 90 valence electrons. The molecule has 1 rings (SSSR count). The summed E-state index contributed by atoms with van der Waals surface area (Å²) in [6.07, 6.45) is -7.14. The Morgan fingerprint density at radius 2 is 1.94 bits per heavy atom. The highest BCUT2D eigenvalue weighted by Gasteiger charge is 2.37. The van der Waals surface area contributed by atoms with Crippen LogP contribution in [0, 0.1) is 0 Å². The van der Waals surface area contributed by atoms with Crippen molar-refractivity contribution in [1.29, 1.82) is 0 Å². The van der Waals surface area contributed by atoms with Gasteiger partial charge in [0.25, 0.3) is 6.43 Å². The van der Waals surface area contributed by atoms with Gasteiger partial charge in [0.2, 0.25) is 0 Å². The number of halogens is 6. The van der Waals surface area contributed by atoms with Gasteiger partial charge in [0, 0.05) is 28.3 Å². The van der Waals surface area contributed by atoms with Crippen molar-refractivity contribution in [2.75, 3.05) is 0 Å². The molecule has 1 heterocycles. The first kappa shape index (κ1) is 13.3. The van der Waals surface area contributed by atoms with E-state index >= 15 is 0 Å². The fourth-order valence-electron chi connectivity index (χ4n) is 1.23. The van der Waals surface area contributed by atoms with Crippen molar-refractivity contribution in [1.82, 2.24) is 4.98 Å². The van der Waals surface area contributed by atoms with Crippen LogP contribution in [0.2, 0.25) is 0 Å². The monoisotopic (exact) mass is 304 g/mol. The fraction of sp³-hybridized carbons (Fsp3) is 0.375. The van der Waals surface area contributed by atoms with Gasteiger partial charge in [0.1, 0.15) is 5.69 Å². The van der Waals surface area contributed by atoms with E-state index in [1.54, 1.807) is 0 Å². The van der Waals surface area contributed by atoms with E-state index in [-0.39, 0.29) is 4.47 Å². The molecule has 0 radical (unpaired) electrons. The second kappa shape index (κ2) is 4.62. The molecule has 0 fully saturated rings. The molecule has 8 heteroatoms. The third-order valence-corrected chi connectivity index (χ3v) is 2.50. The summed E-state index contributed by atoms with van der Waals surface area (Å²) in [4.78, 5) is 3.08. The topological polar surface area (TPSA) is 38.9 Å². The Bertz CT molecular complexity index is 391. The van der Waals surface area contributed by atoms with Crippen molar-refractivity contribution in [3.8, 4) is 0 Å². The zero-order valence-corrected chi connectivity index (χ0v) is 9.24. The summed E-state index contributed by atoms with van der Waals surface area (Å²) in [6.45, 7) is -0.652. The second-order valence-electron chi connectivity index (χ2n) is 2.85. The highest BCUT2D eigenvalue weighted by atomic mass is 79.9. The van der Waals surface area contributed by atoms with Gasteiger partial charge < -0.3 is 5.73 Å². The quantitative estimate of drug-likeness (QED) is 0.852. The van der Waals surface area contributed by atoms with Crippen LogP contribution in [0.5, 0.6) is 0 Å². The Balaban J connectivity index is 3.49. The summed E-state index contributed by atoms with van der Waals surface area (Å²) in [6, 6.07) is 0. The van der Waals surface area contributed by atoms with Crippen LogP contribution in [0.15, 0.2) is 10.7 Å². The minimum absolute atomic E-state index is 0.184. The first-order chi connectivity index (χ1) is 7.29. The van der Waals surface area contributed by atoms with Gasteiger partial charge in [-0.3, -0.25) is 4.98 Å². The van der Waals surface area contributed by atoms with Crippen LogP contribution in [0.25, 0.3) is 0 Å². The summed E-state index contributed by atoms with van der Waals surface area (Å²) in [5, 5.41) is 0. The van der Waals surface area contributed by atoms with Crippen LogP contribution in [0.1, 0.15) is 23.2 Å². The van der Waals surface area contributed by atoms with Gasteiger partial charge in [-0.1, -0.05) is 0 Å². The van der Waals surface area contributed by atoms with Crippen molar-refractivity contribution in [3.05, 3.63) is 27.5 Å². The Labute approximate surface area is 95.8 Å². The summed E-state index contributed by atoms with van der Waals surface area (Å²) >= 11 is 2.72. The highest BCUT2D eigenvalue weighted by Crippen LogP contribution is 2.37. The largest absolute Gasteiger partial charge is 0.433 e. The van der Waals surface area contributed by atoms with Crippen LogP contribution in [-0.4, -0.2) is 4.98 Å². The van der Waals surface area contributed by atoms with Gasteiger partial charge in [0.05, 0.1) is 0 Å². The third-order valence-electron chi connectivity index (χ3n) is 1.87. The summed E-state index contributed by atoms with van der Waals surface area (Å²) < 4.78 is 62.2. The number of nitrogens with two attached hydrogens (primary N) is 1. The maximum atomic E-state index is 12.6. The Morgan fingerprint density at radius 3 is 2.31 bits per heavy atom. The number of alkyl halides is 5. The standard InChI is InChI=1S/C8H6BrF5N2/c9-4-2-16-6(8(12,13)14)3(1-15)5(4)7(10)11/h2,7H,1,15H2. The molecule has 0 aromatic carbocycles. The lowest BCUT2D eigenvalue weighted by atomic mass is 10.1. The lowest BCUT2D eigenvalue weighted by Crippen LogP contribution is -2.17. The maximum Gasteiger partial charge on any atom is 0.433 e. The lowest BCUT2D eigenvalue weighted by Gasteiger charge is -2.15. The number of rotatable bonds is 2. The molecular formula is C8H6BrF5N2. The zero-order valence-electron chi connectivity index (χ0n) is 7.65.